The molecule has 1 aromatic carbocycles. The van der Waals surface area contributed by atoms with Crippen LogP contribution in [-0.2, 0) is 10.1 Å². The summed E-state index contributed by atoms with van der Waals surface area (Å²) in [5.74, 6) is -0.203. The zero-order chi connectivity index (χ0) is 14.9. The first-order valence-electron chi connectivity index (χ1n) is 5.10. The summed E-state index contributed by atoms with van der Waals surface area (Å²) in [5, 5.41) is 2.50. The van der Waals surface area contributed by atoms with E-state index in [2.05, 4.69) is 15.3 Å². The molecule has 0 aliphatic heterocycles. The third-order valence-corrected chi connectivity index (χ3v) is 2.99. The van der Waals surface area contributed by atoms with Gasteiger partial charge in [-0.1, -0.05) is 0 Å². The number of nitrogens with zero attached hydrogens (tertiary/aromatic N) is 1. The van der Waals surface area contributed by atoms with Crippen molar-refractivity contribution in [2.24, 2.45) is 0 Å². The van der Waals surface area contributed by atoms with E-state index in [4.69, 9.17) is 10.3 Å². The summed E-state index contributed by atoms with van der Waals surface area (Å²) in [5.41, 5.74) is 4.00. The monoisotopic (exact) mass is 299 g/mol. The van der Waals surface area contributed by atoms with Gasteiger partial charge < -0.3 is 11.1 Å². The summed E-state index contributed by atoms with van der Waals surface area (Å²) in [6.45, 7) is 0. The Labute approximate surface area is 111 Å². The van der Waals surface area contributed by atoms with Gasteiger partial charge in [0, 0.05) is 11.4 Å². The SMILES string of the molecule is Nc1cc(Nc2nc(=O)[nH]c(=O)[nH]2)cc(S(=O)(=O)O)c1. The summed E-state index contributed by atoms with van der Waals surface area (Å²) in [6, 6.07) is 3.44. The standard InChI is InChI=1S/C9H9N5O5S/c10-4-1-5(3-6(2-4)20(17,18)19)11-7-12-8(15)14-9(16)13-7/h1-3H,10H2,(H,17,18,19)(H3,11,12,13,14,15,16). The van der Waals surface area contributed by atoms with Gasteiger partial charge in [-0.15, -0.1) is 0 Å². The van der Waals surface area contributed by atoms with Crippen molar-refractivity contribution >= 4 is 27.4 Å². The van der Waals surface area contributed by atoms with Crippen LogP contribution in [0.5, 0.6) is 0 Å². The van der Waals surface area contributed by atoms with Gasteiger partial charge in [-0.2, -0.15) is 13.4 Å². The Balaban J connectivity index is 2.46. The number of benzene rings is 1. The van der Waals surface area contributed by atoms with Gasteiger partial charge in [0.05, 0.1) is 4.90 Å². The highest BCUT2D eigenvalue weighted by Crippen LogP contribution is 2.21. The van der Waals surface area contributed by atoms with Gasteiger partial charge in [0.15, 0.2) is 0 Å². The molecule has 0 aliphatic carbocycles. The fraction of sp³-hybridized carbons (Fsp3) is 0. The van der Waals surface area contributed by atoms with Crippen LogP contribution in [-0.4, -0.2) is 27.9 Å². The first-order valence-corrected chi connectivity index (χ1v) is 6.54. The lowest BCUT2D eigenvalue weighted by molar-refractivity contribution is 0.483. The lowest BCUT2D eigenvalue weighted by atomic mass is 10.3. The van der Waals surface area contributed by atoms with E-state index in [0.717, 1.165) is 12.1 Å². The summed E-state index contributed by atoms with van der Waals surface area (Å²) in [7, 11) is -4.44. The van der Waals surface area contributed by atoms with Gasteiger partial charge in [0.2, 0.25) is 5.95 Å². The molecule has 10 nitrogen and oxygen atoms in total. The highest BCUT2D eigenvalue weighted by atomic mass is 32.2. The third-order valence-electron chi connectivity index (χ3n) is 2.16. The van der Waals surface area contributed by atoms with E-state index >= 15 is 0 Å². The molecule has 0 aliphatic rings. The van der Waals surface area contributed by atoms with Gasteiger partial charge in [-0.25, -0.2) is 9.59 Å². The molecular weight excluding hydrogens is 290 g/mol. The molecule has 0 amide bonds. The van der Waals surface area contributed by atoms with Crippen molar-refractivity contribution in [2.75, 3.05) is 11.1 Å². The van der Waals surface area contributed by atoms with Crippen LogP contribution in [0.25, 0.3) is 0 Å². The largest absolute Gasteiger partial charge is 0.399 e. The minimum absolute atomic E-state index is 0.0508. The van der Waals surface area contributed by atoms with Crippen LogP contribution in [0.2, 0.25) is 0 Å². The van der Waals surface area contributed by atoms with Gasteiger partial charge >= 0.3 is 11.4 Å². The molecule has 0 atom stereocenters. The molecule has 106 valence electrons. The maximum atomic E-state index is 11.0. The van der Waals surface area contributed by atoms with Crippen LogP contribution in [0.15, 0.2) is 32.7 Å². The Morgan fingerprint density at radius 3 is 2.50 bits per heavy atom. The predicted molar refractivity (Wildman–Crippen MR) is 69.4 cm³/mol. The molecule has 6 N–H and O–H groups in total. The van der Waals surface area contributed by atoms with Crippen molar-refractivity contribution in [3.05, 3.63) is 39.2 Å². The normalized spacial score (nSPS) is 11.2. The van der Waals surface area contributed by atoms with Crippen LogP contribution in [0.1, 0.15) is 0 Å². The number of nitrogen functional groups attached to an aromatic ring is 1. The fourth-order valence-corrected chi connectivity index (χ4v) is 1.99. The molecule has 1 aromatic heterocycles. The zero-order valence-electron chi connectivity index (χ0n) is 9.75. The number of hydrogen-bond acceptors (Lipinski definition) is 7. The first-order chi connectivity index (χ1) is 9.24. The maximum Gasteiger partial charge on any atom is 0.352 e. The summed E-state index contributed by atoms with van der Waals surface area (Å²) in [4.78, 5) is 29.1. The van der Waals surface area contributed by atoms with Crippen LogP contribution in [0.4, 0.5) is 17.3 Å². The molecule has 0 spiro atoms. The fourth-order valence-electron chi connectivity index (χ4n) is 1.43. The van der Waals surface area contributed by atoms with E-state index in [0.29, 0.717) is 0 Å². The van der Waals surface area contributed by atoms with Gasteiger partial charge in [0.25, 0.3) is 10.1 Å². The Bertz CT molecular complexity index is 841. The summed E-state index contributed by atoms with van der Waals surface area (Å²) >= 11 is 0. The summed E-state index contributed by atoms with van der Waals surface area (Å²) in [6.07, 6.45) is 0. The van der Waals surface area contributed by atoms with E-state index in [1.807, 2.05) is 4.98 Å². The second-order valence-electron chi connectivity index (χ2n) is 3.74. The molecule has 0 saturated heterocycles. The lowest BCUT2D eigenvalue weighted by Gasteiger charge is -2.07. The van der Waals surface area contributed by atoms with Crippen LogP contribution < -0.4 is 22.4 Å². The molecule has 0 bridgehead atoms. The summed E-state index contributed by atoms with van der Waals surface area (Å²) < 4.78 is 31.0. The van der Waals surface area contributed by atoms with E-state index in [9.17, 15) is 18.0 Å². The quantitative estimate of drug-likeness (QED) is 0.356. The Morgan fingerprint density at radius 1 is 1.20 bits per heavy atom. The number of hydrogen-bond donors (Lipinski definition) is 5. The smallest absolute Gasteiger partial charge is 0.352 e. The molecular formula is C9H9N5O5S. The Kier molecular flexibility index (Phi) is 3.29. The number of anilines is 3. The number of nitrogens with one attached hydrogen (secondary N) is 3. The minimum atomic E-state index is -4.44. The number of aromatic amines is 2. The van der Waals surface area contributed by atoms with Crippen molar-refractivity contribution in [2.45, 2.75) is 4.90 Å². The van der Waals surface area contributed by atoms with Gasteiger partial charge in [-0.05, 0) is 18.2 Å². The minimum Gasteiger partial charge on any atom is -0.399 e. The Hall–Kier alpha value is -2.66. The molecule has 0 fully saturated rings. The number of nitrogens with two attached hydrogens (primary N) is 1. The topological polar surface area (TPSA) is 171 Å². The van der Waals surface area contributed by atoms with E-state index < -0.39 is 26.4 Å². The maximum absolute atomic E-state index is 11.0. The van der Waals surface area contributed by atoms with Crippen LogP contribution in [0.3, 0.4) is 0 Å². The van der Waals surface area contributed by atoms with Crippen molar-refractivity contribution in [1.29, 1.82) is 0 Å². The van der Waals surface area contributed by atoms with E-state index in [1.54, 1.807) is 0 Å². The average molecular weight is 299 g/mol. The molecule has 1 heterocycles. The molecule has 0 radical (unpaired) electrons. The van der Waals surface area contributed by atoms with Crippen LogP contribution in [0, 0.1) is 0 Å². The second-order valence-corrected chi connectivity index (χ2v) is 5.16. The number of rotatable bonds is 3. The third kappa shape index (κ3) is 3.21. The van der Waals surface area contributed by atoms with Gasteiger partial charge in [0.1, 0.15) is 0 Å². The van der Waals surface area contributed by atoms with Crippen molar-refractivity contribution in [1.82, 2.24) is 15.0 Å². The van der Waals surface area contributed by atoms with Crippen molar-refractivity contribution < 1.29 is 13.0 Å². The molecule has 0 unspecified atom stereocenters. The van der Waals surface area contributed by atoms with Crippen molar-refractivity contribution in [3.63, 3.8) is 0 Å². The number of aromatic nitrogens is 3. The lowest BCUT2D eigenvalue weighted by Crippen LogP contribution is -2.25. The Morgan fingerprint density at radius 2 is 1.90 bits per heavy atom. The van der Waals surface area contributed by atoms with Gasteiger partial charge in [-0.3, -0.25) is 14.5 Å². The molecule has 11 heteroatoms. The number of H-pyrrole nitrogens is 2. The molecule has 2 rings (SSSR count). The van der Waals surface area contributed by atoms with E-state index in [1.165, 1.54) is 6.07 Å². The van der Waals surface area contributed by atoms with Crippen LogP contribution >= 0.6 is 0 Å². The molecule has 20 heavy (non-hydrogen) atoms. The average Bonchev–Trinajstić information content (AvgIpc) is 2.25. The molecule has 0 saturated carbocycles. The predicted octanol–water partition coefficient (Wildman–Crippen LogP) is -0.969. The highest BCUT2D eigenvalue weighted by Gasteiger charge is 2.12. The first kappa shape index (κ1) is 13.8. The van der Waals surface area contributed by atoms with Crippen molar-refractivity contribution in [3.8, 4) is 0 Å². The highest BCUT2D eigenvalue weighted by molar-refractivity contribution is 7.85. The second kappa shape index (κ2) is 4.79. The zero-order valence-corrected chi connectivity index (χ0v) is 10.6. The van der Waals surface area contributed by atoms with E-state index in [-0.39, 0.29) is 17.3 Å². The molecule has 2 aromatic rings.